The van der Waals surface area contributed by atoms with Crippen molar-refractivity contribution in [3.63, 3.8) is 0 Å². The summed E-state index contributed by atoms with van der Waals surface area (Å²) in [6, 6.07) is 26.3. The van der Waals surface area contributed by atoms with Gasteiger partial charge < -0.3 is 0 Å². The van der Waals surface area contributed by atoms with E-state index in [0.29, 0.717) is 11.1 Å². The second kappa shape index (κ2) is 9.15. The SMILES string of the molecule is C#Cc1ccc(-c2ccc(C#N)cc2)cc1.C#Cc1ccc(C#N)cc1. The number of terminal acetylenes is 2. The van der Waals surface area contributed by atoms with Crippen LogP contribution in [0.1, 0.15) is 22.3 Å². The van der Waals surface area contributed by atoms with Crippen molar-refractivity contribution in [2.24, 2.45) is 0 Å². The minimum Gasteiger partial charge on any atom is -0.192 e. The fourth-order valence-electron chi connectivity index (χ4n) is 2.14. The van der Waals surface area contributed by atoms with Crippen molar-refractivity contribution >= 4 is 0 Å². The Kier molecular flexibility index (Phi) is 6.37. The summed E-state index contributed by atoms with van der Waals surface area (Å²) >= 11 is 0. The molecule has 0 bridgehead atoms. The smallest absolute Gasteiger partial charge is 0.0991 e. The molecule has 3 aromatic carbocycles. The molecule has 3 rings (SSSR count). The highest BCUT2D eigenvalue weighted by molar-refractivity contribution is 5.65. The Morgan fingerprint density at radius 2 is 0.731 bits per heavy atom. The van der Waals surface area contributed by atoms with E-state index < -0.39 is 0 Å². The first-order valence-corrected chi connectivity index (χ1v) is 7.74. The third-order valence-electron chi connectivity index (χ3n) is 3.58. The molecule has 0 aliphatic carbocycles. The van der Waals surface area contributed by atoms with E-state index in [4.69, 9.17) is 23.4 Å². The van der Waals surface area contributed by atoms with Gasteiger partial charge in [0.15, 0.2) is 0 Å². The third-order valence-corrected chi connectivity index (χ3v) is 3.58. The average Bonchev–Trinajstić information content (AvgIpc) is 2.74. The lowest BCUT2D eigenvalue weighted by Crippen LogP contribution is -1.80. The maximum Gasteiger partial charge on any atom is 0.0991 e. The number of nitriles is 2. The molecule has 0 spiro atoms. The van der Waals surface area contributed by atoms with Gasteiger partial charge in [0.2, 0.25) is 0 Å². The minimum atomic E-state index is 0.638. The van der Waals surface area contributed by atoms with Crippen LogP contribution in [0.15, 0.2) is 72.8 Å². The van der Waals surface area contributed by atoms with Gasteiger partial charge in [0.25, 0.3) is 0 Å². The molecule has 0 heterocycles. The Morgan fingerprint density at radius 3 is 1.04 bits per heavy atom. The summed E-state index contributed by atoms with van der Waals surface area (Å²) < 4.78 is 0. The van der Waals surface area contributed by atoms with Gasteiger partial charge in [-0.3, -0.25) is 0 Å². The maximum absolute atomic E-state index is 8.70. The van der Waals surface area contributed by atoms with Gasteiger partial charge in [0, 0.05) is 11.1 Å². The molecule has 0 fully saturated rings. The molecule has 0 aromatic heterocycles. The van der Waals surface area contributed by atoms with E-state index in [1.807, 2.05) is 54.6 Å². The molecule has 2 heteroatoms. The molecule has 26 heavy (non-hydrogen) atoms. The van der Waals surface area contributed by atoms with Crippen LogP contribution in [-0.4, -0.2) is 0 Å². The van der Waals surface area contributed by atoms with E-state index in [1.165, 1.54) is 0 Å². The standard InChI is InChI=1S/C15H9N.C9H5N/c1-2-12-3-7-14(8-4-12)15-9-5-13(11-16)6-10-15;1-2-8-3-5-9(7-10)6-4-8/h1,3-10H;1,3-6H. The summed E-state index contributed by atoms with van der Waals surface area (Å²) in [5.41, 5.74) is 5.17. The highest BCUT2D eigenvalue weighted by Crippen LogP contribution is 2.19. The Labute approximate surface area is 154 Å². The fraction of sp³-hybridized carbons (Fsp3) is 0. The fourth-order valence-corrected chi connectivity index (χ4v) is 2.14. The first kappa shape index (κ1) is 18.1. The van der Waals surface area contributed by atoms with Crippen LogP contribution in [0, 0.1) is 47.3 Å². The lowest BCUT2D eigenvalue weighted by molar-refractivity contribution is 1.48. The molecule has 0 radical (unpaired) electrons. The molecule has 0 saturated carbocycles. The molecule has 120 valence electrons. The second-order valence-corrected chi connectivity index (χ2v) is 5.24. The molecule has 0 atom stereocenters. The number of nitrogens with zero attached hydrogens (tertiary/aromatic N) is 2. The lowest BCUT2D eigenvalue weighted by atomic mass is 10.0. The molecule has 3 aromatic rings. The molecular weight excluding hydrogens is 316 g/mol. The molecule has 0 N–H and O–H groups in total. The predicted octanol–water partition coefficient (Wildman–Crippen LogP) is 4.75. The number of benzene rings is 3. The highest BCUT2D eigenvalue weighted by atomic mass is 14.2. The first-order chi connectivity index (χ1) is 12.7. The Hall–Kier alpha value is -4.24. The quantitative estimate of drug-likeness (QED) is 0.605. The molecular formula is C24H14N2. The summed E-state index contributed by atoms with van der Waals surface area (Å²) in [5, 5.41) is 17.1. The topological polar surface area (TPSA) is 47.6 Å². The zero-order valence-corrected chi connectivity index (χ0v) is 14.0. The largest absolute Gasteiger partial charge is 0.192 e. The predicted molar refractivity (Wildman–Crippen MR) is 104 cm³/mol. The lowest BCUT2D eigenvalue weighted by Gasteiger charge is -2.01. The van der Waals surface area contributed by atoms with Gasteiger partial charge in [-0.1, -0.05) is 36.1 Å². The maximum atomic E-state index is 8.70. The number of hydrogen-bond acceptors (Lipinski definition) is 2. The Morgan fingerprint density at radius 1 is 0.462 bits per heavy atom. The van der Waals surface area contributed by atoms with Crippen LogP contribution in [-0.2, 0) is 0 Å². The monoisotopic (exact) mass is 330 g/mol. The molecule has 0 saturated heterocycles. The normalized spacial score (nSPS) is 8.62. The highest BCUT2D eigenvalue weighted by Gasteiger charge is 1.97. The van der Waals surface area contributed by atoms with Gasteiger partial charge in [-0.2, -0.15) is 10.5 Å². The van der Waals surface area contributed by atoms with Crippen molar-refractivity contribution in [3.05, 3.63) is 95.1 Å². The van der Waals surface area contributed by atoms with Crippen molar-refractivity contribution in [1.29, 1.82) is 10.5 Å². The van der Waals surface area contributed by atoms with Crippen LogP contribution in [0.5, 0.6) is 0 Å². The summed E-state index contributed by atoms with van der Waals surface area (Å²) in [5.74, 6) is 5.05. The summed E-state index contributed by atoms with van der Waals surface area (Å²) in [4.78, 5) is 0. The van der Waals surface area contributed by atoms with Gasteiger partial charge in [-0.05, 0) is 59.7 Å². The Balaban J connectivity index is 0.000000209. The van der Waals surface area contributed by atoms with E-state index in [2.05, 4.69) is 17.9 Å². The molecule has 0 aliphatic heterocycles. The van der Waals surface area contributed by atoms with E-state index >= 15 is 0 Å². The zero-order valence-electron chi connectivity index (χ0n) is 14.0. The van der Waals surface area contributed by atoms with Crippen molar-refractivity contribution in [1.82, 2.24) is 0 Å². The molecule has 0 aliphatic rings. The van der Waals surface area contributed by atoms with Crippen LogP contribution in [0.4, 0.5) is 0 Å². The van der Waals surface area contributed by atoms with Gasteiger partial charge in [-0.25, -0.2) is 0 Å². The van der Waals surface area contributed by atoms with Crippen LogP contribution < -0.4 is 0 Å². The van der Waals surface area contributed by atoms with E-state index in [0.717, 1.165) is 22.3 Å². The average molecular weight is 330 g/mol. The van der Waals surface area contributed by atoms with Gasteiger partial charge in [0.1, 0.15) is 0 Å². The number of hydrogen-bond donors (Lipinski definition) is 0. The van der Waals surface area contributed by atoms with E-state index in [-0.39, 0.29) is 0 Å². The summed E-state index contributed by atoms with van der Waals surface area (Å²) in [6.45, 7) is 0. The van der Waals surface area contributed by atoms with E-state index in [9.17, 15) is 0 Å². The minimum absolute atomic E-state index is 0.638. The van der Waals surface area contributed by atoms with Crippen LogP contribution in [0.25, 0.3) is 11.1 Å². The first-order valence-electron chi connectivity index (χ1n) is 7.74. The van der Waals surface area contributed by atoms with Crippen molar-refractivity contribution in [2.45, 2.75) is 0 Å². The molecule has 2 nitrogen and oxygen atoms in total. The van der Waals surface area contributed by atoms with Crippen molar-refractivity contribution in [2.75, 3.05) is 0 Å². The Bertz CT molecular complexity index is 940. The van der Waals surface area contributed by atoms with E-state index in [1.54, 1.807) is 24.3 Å². The van der Waals surface area contributed by atoms with Crippen LogP contribution >= 0.6 is 0 Å². The van der Waals surface area contributed by atoms with Crippen molar-refractivity contribution < 1.29 is 0 Å². The van der Waals surface area contributed by atoms with Crippen LogP contribution in [0.3, 0.4) is 0 Å². The molecule has 0 amide bonds. The third kappa shape index (κ3) is 4.88. The second-order valence-electron chi connectivity index (χ2n) is 5.24. The van der Waals surface area contributed by atoms with Gasteiger partial charge >= 0.3 is 0 Å². The summed E-state index contributed by atoms with van der Waals surface area (Å²) in [6.07, 6.45) is 10.4. The zero-order chi connectivity index (χ0) is 18.8. The number of rotatable bonds is 1. The van der Waals surface area contributed by atoms with Crippen LogP contribution in [0.2, 0.25) is 0 Å². The van der Waals surface area contributed by atoms with Gasteiger partial charge in [0.05, 0.1) is 23.3 Å². The van der Waals surface area contributed by atoms with Gasteiger partial charge in [-0.15, -0.1) is 12.8 Å². The summed E-state index contributed by atoms with van der Waals surface area (Å²) in [7, 11) is 0. The molecule has 0 unspecified atom stereocenters. The van der Waals surface area contributed by atoms with Crippen molar-refractivity contribution in [3.8, 4) is 48.0 Å².